The Balaban J connectivity index is 1.24. The van der Waals surface area contributed by atoms with Crippen molar-refractivity contribution in [2.24, 2.45) is 5.92 Å². The molecule has 198 valence electrons. The third-order valence-corrected chi connectivity index (χ3v) is 7.55. The van der Waals surface area contributed by atoms with Crippen molar-refractivity contribution in [3.8, 4) is 22.1 Å². The minimum absolute atomic E-state index is 0.126. The molecular formula is C30H32FN3O3S. The number of fused-ring (bicyclic) bond motifs is 1. The highest BCUT2D eigenvalue weighted by atomic mass is 32.1. The van der Waals surface area contributed by atoms with Crippen LogP contribution in [0.15, 0.2) is 54.9 Å². The fourth-order valence-corrected chi connectivity index (χ4v) is 5.26. The van der Waals surface area contributed by atoms with Crippen LogP contribution in [0.1, 0.15) is 43.7 Å². The number of benzene rings is 1. The standard InChI is InChI=1S/C30H32FN3O3S/c1-2-12-36-13-11-32-18-22-5-7-25(34-19-22)29-17-26-30(38-29)28(9-10-33-26)37-27-8-6-21(16-24(27)31)15-23(35)14-20-3-4-20/h5-10,16-17,19-20,32H,2-4,11-15,18H2,1H3. The molecule has 0 saturated heterocycles. The van der Waals surface area contributed by atoms with Crippen molar-refractivity contribution < 1.29 is 18.7 Å². The third-order valence-electron chi connectivity index (χ3n) is 6.38. The molecule has 0 amide bonds. The number of rotatable bonds is 14. The Morgan fingerprint density at radius 1 is 1.08 bits per heavy atom. The minimum atomic E-state index is -0.480. The predicted octanol–water partition coefficient (Wildman–Crippen LogP) is 6.72. The smallest absolute Gasteiger partial charge is 0.166 e. The first-order valence-corrected chi connectivity index (χ1v) is 14.0. The molecule has 0 spiro atoms. The summed E-state index contributed by atoms with van der Waals surface area (Å²) in [6.45, 7) is 5.12. The number of thiophene rings is 1. The summed E-state index contributed by atoms with van der Waals surface area (Å²) in [6, 6.07) is 12.5. The normalized spacial score (nSPS) is 13.2. The Kier molecular flexibility index (Phi) is 8.73. The molecule has 0 aliphatic heterocycles. The van der Waals surface area contributed by atoms with Gasteiger partial charge >= 0.3 is 0 Å². The summed E-state index contributed by atoms with van der Waals surface area (Å²) in [5, 5.41) is 3.36. The monoisotopic (exact) mass is 533 g/mol. The Morgan fingerprint density at radius 3 is 2.71 bits per heavy atom. The van der Waals surface area contributed by atoms with E-state index in [1.807, 2.05) is 18.3 Å². The number of ketones is 1. The van der Waals surface area contributed by atoms with E-state index in [1.165, 1.54) is 17.4 Å². The van der Waals surface area contributed by atoms with E-state index < -0.39 is 5.82 Å². The van der Waals surface area contributed by atoms with Crippen LogP contribution in [0, 0.1) is 11.7 Å². The predicted molar refractivity (Wildman–Crippen MR) is 148 cm³/mol. The molecule has 0 bridgehead atoms. The summed E-state index contributed by atoms with van der Waals surface area (Å²) in [5.74, 6) is 0.879. The number of carbonyl (C=O) groups is 1. The first kappa shape index (κ1) is 26.4. The van der Waals surface area contributed by atoms with Gasteiger partial charge in [-0.05, 0) is 60.6 Å². The maximum absolute atomic E-state index is 14.9. The summed E-state index contributed by atoms with van der Waals surface area (Å²) < 4.78 is 27.2. The maximum Gasteiger partial charge on any atom is 0.166 e. The van der Waals surface area contributed by atoms with Gasteiger partial charge in [0, 0.05) is 51.0 Å². The lowest BCUT2D eigenvalue weighted by Crippen LogP contribution is -2.19. The molecule has 1 N–H and O–H groups in total. The zero-order chi connectivity index (χ0) is 26.3. The fourth-order valence-electron chi connectivity index (χ4n) is 4.22. The van der Waals surface area contributed by atoms with Crippen LogP contribution in [0.3, 0.4) is 0 Å². The van der Waals surface area contributed by atoms with Gasteiger partial charge in [-0.25, -0.2) is 4.39 Å². The van der Waals surface area contributed by atoms with Crippen molar-refractivity contribution in [1.82, 2.24) is 15.3 Å². The zero-order valence-corrected chi connectivity index (χ0v) is 22.4. The summed E-state index contributed by atoms with van der Waals surface area (Å²) in [7, 11) is 0. The van der Waals surface area contributed by atoms with E-state index >= 15 is 0 Å². The van der Waals surface area contributed by atoms with Gasteiger partial charge in [-0.15, -0.1) is 11.3 Å². The molecule has 1 fully saturated rings. The second-order valence-electron chi connectivity index (χ2n) is 9.70. The maximum atomic E-state index is 14.9. The largest absolute Gasteiger partial charge is 0.453 e. The SMILES string of the molecule is CCCOCCNCc1ccc(-c2cc3nccc(Oc4ccc(CC(=O)CC5CC5)cc4F)c3s2)nc1. The number of halogens is 1. The van der Waals surface area contributed by atoms with Crippen LogP contribution >= 0.6 is 11.3 Å². The molecule has 8 heteroatoms. The molecule has 3 aromatic heterocycles. The van der Waals surface area contributed by atoms with Crippen LogP contribution in [0.4, 0.5) is 4.39 Å². The molecule has 1 aromatic carbocycles. The number of hydrogen-bond donors (Lipinski definition) is 1. The zero-order valence-electron chi connectivity index (χ0n) is 21.5. The van der Waals surface area contributed by atoms with Crippen molar-refractivity contribution in [3.63, 3.8) is 0 Å². The lowest BCUT2D eigenvalue weighted by molar-refractivity contribution is -0.118. The summed E-state index contributed by atoms with van der Waals surface area (Å²) in [6.07, 6.45) is 7.67. The quantitative estimate of drug-likeness (QED) is 0.182. The first-order valence-electron chi connectivity index (χ1n) is 13.2. The molecule has 0 unspecified atom stereocenters. The second kappa shape index (κ2) is 12.6. The van der Waals surface area contributed by atoms with Gasteiger partial charge in [0.15, 0.2) is 11.6 Å². The molecule has 1 saturated carbocycles. The number of hydrogen-bond acceptors (Lipinski definition) is 7. The van der Waals surface area contributed by atoms with Gasteiger partial charge in [0.25, 0.3) is 0 Å². The van der Waals surface area contributed by atoms with Crippen LogP contribution in [0.25, 0.3) is 20.8 Å². The lowest BCUT2D eigenvalue weighted by Gasteiger charge is -2.09. The molecule has 6 nitrogen and oxygen atoms in total. The number of carbonyl (C=O) groups excluding carboxylic acids is 1. The minimum Gasteiger partial charge on any atom is -0.453 e. The van der Waals surface area contributed by atoms with Gasteiger partial charge < -0.3 is 14.8 Å². The van der Waals surface area contributed by atoms with Crippen LogP contribution in [-0.4, -0.2) is 35.5 Å². The molecule has 1 aliphatic rings. The van der Waals surface area contributed by atoms with Crippen molar-refractivity contribution in [2.45, 2.75) is 45.6 Å². The number of pyridine rings is 2. The van der Waals surface area contributed by atoms with Crippen LogP contribution < -0.4 is 10.1 Å². The van der Waals surface area contributed by atoms with E-state index in [4.69, 9.17) is 9.47 Å². The van der Waals surface area contributed by atoms with E-state index in [-0.39, 0.29) is 18.0 Å². The summed E-state index contributed by atoms with van der Waals surface area (Å²) in [4.78, 5) is 22.2. The van der Waals surface area contributed by atoms with Gasteiger partial charge in [-0.2, -0.15) is 0 Å². The summed E-state index contributed by atoms with van der Waals surface area (Å²) in [5.41, 5.74) is 3.39. The highest BCUT2D eigenvalue weighted by molar-refractivity contribution is 7.22. The highest BCUT2D eigenvalue weighted by Crippen LogP contribution is 2.39. The van der Waals surface area contributed by atoms with Gasteiger partial charge in [-0.1, -0.05) is 19.1 Å². The Bertz CT molecular complexity index is 1390. The van der Waals surface area contributed by atoms with Crippen molar-refractivity contribution in [2.75, 3.05) is 19.8 Å². The van der Waals surface area contributed by atoms with Crippen molar-refractivity contribution >= 4 is 27.3 Å². The van der Waals surface area contributed by atoms with Gasteiger partial charge in [-0.3, -0.25) is 14.8 Å². The Hall–Kier alpha value is -3.20. The molecule has 3 heterocycles. The van der Waals surface area contributed by atoms with E-state index in [0.29, 0.717) is 30.3 Å². The van der Waals surface area contributed by atoms with Gasteiger partial charge in [0.05, 0.1) is 27.4 Å². The molecule has 5 rings (SSSR count). The van der Waals surface area contributed by atoms with E-state index in [2.05, 4.69) is 28.3 Å². The van der Waals surface area contributed by atoms with Gasteiger partial charge in [0.1, 0.15) is 11.5 Å². The topological polar surface area (TPSA) is 73.3 Å². The molecule has 0 radical (unpaired) electrons. The van der Waals surface area contributed by atoms with Crippen molar-refractivity contribution in [3.05, 3.63) is 71.8 Å². The molecular weight excluding hydrogens is 501 g/mol. The van der Waals surface area contributed by atoms with Crippen LogP contribution in [0.5, 0.6) is 11.5 Å². The average molecular weight is 534 g/mol. The lowest BCUT2D eigenvalue weighted by atomic mass is 10.0. The molecule has 0 atom stereocenters. The van der Waals surface area contributed by atoms with Gasteiger partial charge in [0.2, 0.25) is 0 Å². The fraction of sp³-hybridized carbons (Fsp3) is 0.367. The number of nitrogens with one attached hydrogen (secondary N) is 1. The Labute approximate surface area is 226 Å². The average Bonchev–Trinajstić information content (AvgIpc) is 3.61. The van der Waals surface area contributed by atoms with E-state index in [0.717, 1.165) is 65.3 Å². The highest BCUT2D eigenvalue weighted by Gasteiger charge is 2.24. The molecule has 1 aliphatic carbocycles. The van der Waals surface area contributed by atoms with E-state index in [9.17, 15) is 9.18 Å². The summed E-state index contributed by atoms with van der Waals surface area (Å²) >= 11 is 1.51. The van der Waals surface area contributed by atoms with Crippen molar-refractivity contribution in [1.29, 1.82) is 0 Å². The van der Waals surface area contributed by atoms with Crippen LogP contribution in [-0.2, 0) is 22.5 Å². The number of ether oxygens (including phenoxy) is 2. The number of aromatic nitrogens is 2. The Morgan fingerprint density at radius 2 is 1.95 bits per heavy atom. The molecule has 4 aromatic rings. The number of Topliss-reactive ketones (excluding diaryl/α,β-unsaturated/α-hetero) is 1. The third kappa shape index (κ3) is 7.01. The van der Waals surface area contributed by atoms with E-state index in [1.54, 1.807) is 24.4 Å². The number of nitrogens with zero attached hydrogens (tertiary/aromatic N) is 2. The molecule has 38 heavy (non-hydrogen) atoms. The van der Waals surface area contributed by atoms with Crippen LogP contribution in [0.2, 0.25) is 0 Å². The second-order valence-corrected chi connectivity index (χ2v) is 10.8. The first-order chi connectivity index (χ1) is 18.6.